The van der Waals surface area contributed by atoms with Crippen molar-refractivity contribution in [2.45, 2.75) is 31.6 Å². The Bertz CT molecular complexity index is 650. The van der Waals surface area contributed by atoms with Crippen molar-refractivity contribution in [3.05, 3.63) is 18.2 Å². The Morgan fingerprint density at radius 3 is 2.45 bits per heavy atom. The Labute approximate surface area is 131 Å². The minimum atomic E-state index is -3.56. The summed E-state index contributed by atoms with van der Waals surface area (Å²) in [7, 11) is -2.08. The van der Waals surface area contributed by atoms with Crippen molar-refractivity contribution in [2.75, 3.05) is 25.5 Å². The quantitative estimate of drug-likeness (QED) is 0.832. The average Bonchev–Trinajstić information content (AvgIpc) is 3.32. The number of carbonyl (C=O) groups is 1. The van der Waals surface area contributed by atoms with Gasteiger partial charge in [0.05, 0.1) is 17.7 Å². The van der Waals surface area contributed by atoms with Gasteiger partial charge < -0.3 is 10.1 Å². The van der Waals surface area contributed by atoms with Gasteiger partial charge in [0.2, 0.25) is 15.9 Å². The van der Waals surface area contributed by atoms with E-state index >= 15 is 0 Å². The number of nitrogens with zero attached hydrogens (tertiary/aromatic N) is 1. The van der Waals surface area contributed by atoms with Crippen molar-refractivity contribution in [3.8, 4) is 5.75 Å². The number of amides is 1. The molecule has 1 aromatic carbocycles. The maximum absolute atomic E-state index is 12.6. The lowest BCUT2D eigenvalue weighted by atomic mass is 10.2. The van der Waals surface area contributed by atoms with Crippen molar-refractivity contribution in [2.24, 2.45) is 5.92 Å². The topological polar surface area (TPSA) is 75.7 Å². The zero-order chi connectivity index (χ0) is 16.3. The number of benzene rings is 1. The van der Waals surface area contributed by atoms with Crippen molar-refractivity contribution in [1.82, 2.24) is 4.31 Å². The van der Waals surface area contributed by atoms with E-state index in [-0.39, 0.29) is 16.7 Å². The predicted molar refractivity (Wildman–Crippen MR) is 84.5 cm³/mol. The molecule has 6 nitrogen and oxygen atoms in total. The van der Waals surface area contributed by atoms with Crippen LogP contribution in [0.4, 0.5) is 5.69 Å². The third kappa shape index (κ3) is 3.41. The summed E-state index contributed by atoms with van der Waals surface area (Å²) in [5, 5.41) is 2.76. The third-order valence-electron chi connectivity index (χ3n) is 3.72. The number of hydrogen-bond donors (Lipinski definition) is 1. The Morgan fingerprint density at radius 2 is 1.95 bits per heavy atom. The molecule has 7 heteroatoms. The molecule has 1 aromatic rings. The first-order valence-electron chi connectivity index (χ1n) is 7.43. The molecule has 0 radical (unpaired) electrons. The number of rotatable bonds is 7. The van der Waals surface area contributed by atoms with Gasteiger partial charge in [-0.2, -0.15) is 4.31 Å². The molecule has 22 heavy (non-hydrogen) atoms. The van der Waals surface area contributed by atoms with Gasteiger partial charge in [0.1, 0.15) is 5.75 Å². The Balaban J connectivity index is 2.35. The van der Waals surface area contributed by atoms with Gasteiger partial charge in [0.25, 0.3) is 0 Å². The summed E-state index contributed by atoms with van der Waals surface area (Å²) in [6.07, 6.45) is 1.76. The molecule has 0 bridgehead atoms. The zero-order valence-electron chi connectivity index (χ0n) is 13.1. The summed E-state index contributed by atoms with van der Waals surface area (Å²) in [6, 6.07) is 4.53. The summed E-state index contributed by atoms with van der Waals surface area (Å²) in [5.41, 5.74) is 0.396. The standard InChI is InChI=1S/C15H22N2O4S/c1-4-17(5-2)22(19,20)12-8-9-14(21-3)13(10-12)16-15(18)11-6-7-11/h8-11H,4-7H2,1-3H3,(H,16,18). The summed E-state index contributed by atoms with van der Waals surface area (Å²) < 4.78 is 31.7. The number of ether oxygens (including phenoxy) is 1. The molecule has 0 unspecified atom stereocenters. The van der Waals surface area contributed by atoms with E-state index in [1.165, 1.54) is 23.5 Å². The van der Waals surface area contributed by atoms with E-state index in [9.17, 15) is 13.2 Å². The molecule has 0 spiro atoms. The number of methoxy groups -OCH3 is 1. The number of nitrogens with one attached hydrogen (secondary N) is 1. The molecule has 0 aromatic heterocycles. The van der Waals surface area contributed by atoms with E-state index in [1.807, 2.05) is 0 Å². The summed E-state index contributed by atoms with van der Waals surface area (Å²) in [4.78, 5) is 12.1. The van der Waals surface area contributed by atoms with Gasteiger partial charge in [-0.1, -0.05) is 13.8 Å². The van der Waals surface area contributed by atoms with Gasteiger partial charge in [-0.05, 0) is 31.0 Å². The zero-order valence-corrected chi connectivity index (χ0v) is 13.9. The molecule has 1 fully saturated rings. The maximum Gasteiger partial charge on any atom is 0.243 e. The molecule has 1 aliphatic carbocycles. The fourth-order valence-corrected chi connectivity index (χ4v) is 3.72. The second-order valence-corrected chi connectivity index (χ2v) is 7.15. The van der Waals surface area contributed by atoms with Crippen LogP contribution in [0.3, 0.4) is 0 Å². The van der Waals surface area contributed by atoms with Gasteiger partial charge in [-0.15, -0.1) is 0 Å². The van der Waals surface area contributed by atoms with Crippen LogP contribution in [0.1, 0.15) is 26.7 Å². The van der Waals surface area contributed by atoms with Crippen LogP contribution in [-0.4, -0.2) is 38.8 Å². The largest absolute Gasteiger partial charge is 0.495 e. The van der Waals surface area contributed by atoms with Gasteiger partial charge in [0, 0.05) is 19.0 Å². The Kier molecular flexibility index (Phi) is 5.08. The van der Waals surface area contributed by atoms with E-state index < -0.39 is 10.0 Å². The van der Waals surface area contributed by atoms with E-state index in [1.54, 1.807) is 19.9 Å². The molecule has 2 rings (SSSR count). The molecule has 0 heterocycles. The molecule has 1 aliphatic rings. The summed E-state index contributed by atoms with van der Waals surface area (Å²) in [5.74, 6) is 0.399. The highest BCUT2D eigenvalue weighted by Crippen LogP contribution is 2.33. The first-order valence-corrected chi connectivity index (χ1v) is 8.87. The van der Waals surface area contributed by atoms with E-state index in [0.29, 0.717) is 24.5 Å². The van der Waals surface area contributed by atoms with Crippen LogP contribution in [0, 0.1) is 5.92 Å². The van der Waals surface area contributed by atoms with E-state index in [4.69, 9.17) is 4.74 Å². The first kappa shape index (κ1) is 16.8. The van der Waals surface area contributed by atoms with Gasteiger partial charge in [-0.3, -0.25) is 4.79 Å². The molecule has 0 saturated heterocycles. The minimum Gasteiger partial charge on any atom is -0.495 e. The van der Waals surface area contributed by atoms with E-state index in [2.05, 4.69) is 5.32 Å². The molecular formula is C15H22N2O4S. The molecule has 1 saturated carbocycles. The van der Waals surface area contributed by atoms with Crippen LogP contribution >= 0.6 is 0 Å². The summed E-state index contributed by atoms with van der Waals surface area (Å²) >= 11 is 0. The SMILES string of the molecule is CCN(CC)S(=O)(=O)c1ccc(OC)c(NC(=O)C2CC2)c1. The van der Waals surface area contributed by atoms with Crippen LogP contribution < -0.4 is 10.1 Å². The van der Waals surface area contributed by atoms with Crippen molar-refractivity contribution >= 4 is 21.6 Å². The van der Waals surface area contributed by atoms with Crippen LogP contribution in [0.2, 0.25) is 0 Å². The van der Waals surface area contributed by atoms with Gasteiger partial charge in [-0.25, -0.2) is 8.42 Å². The fraction of sp³-hybridized carbons (Fsp3) is 0.533. The Morgan fingerprint density at radius 1 is 1.32 bits per heavy atom. The van der Waals surface area contributed by atoms with Gasteiger partial charge in [0.15, 0.2) is 0 Å². The molecule has 0 aliphatic heterocycles. The highest BCUT2D eigenvalue weighted by Gasteiger charge is 2.30. The average molecular weight is 326 g/mol. The fourth-order valence-electron chi connectivity index (χ4n) is 2.24. The lowest BCUT2D eigenvalue weighted by Crippen LogP contribution is -2.30. The number of sulfonamides is 1. The smallest absolute Gasteiger partial charge is 0.243 e. The van der Waals surface area contributed by atoms with Gasteiger partial charge >= 0.3 is 0 Å². The monoisotopic (exact) mass is 326 g/mol. The van der Waals surface area contributed by atoms with Crippen LogP contribution in [0.5, 0.6) is 5.75 Å². The van der Waals surface area contributed by atoms with Crippen molar-refractivity contribution < 1.29 is 17.9 Å². The molecule has 122 valence electrons. The number of anilines is 1. The molecule has 1 N–H and O–H groups in total. The maximum atomic E-state index is 12.6. The Hall–Kier alpha value is -1.60. The highest BCUT2D eigenvalue weighted by molar-refractivity contribution is 7.89. The minimum absolute atomic E-state index is 0.0350. The first-order chi connectivity index (χ1) is 10.4. The molecule has 0 atom stereocenters. The second kappa shape index (κ2) is 6.66. The van der Waals surface area contributed by atoms with Crippen LogP contribution in [-0.2, 0) is 14.8 Å². The van der Waals surface area contributed by atoms with Crippen molar-refractivity contribution in [3.63, 3.8) is 0 Å². The third-order valence-corrected chi connectivity index (χ3v) is 5.77. The van der Waals surface area contributed by atoms with E-state index in [0.717, 1.165) is 12.8 Å². The highest BCUT2D eigenvalue weighted by atomic mass is 32.2. The lowest BCUT2D eigenvalue weighted by molar-refractivity contribution is -0.117. The molecular weight excluding hydrogens is 304 g/mol. The predicted octanol–water partition coefficient (Wildman–Crippen LogP) is 2.07. The molecule has 1 amide bonds. The van der Waals surface area contributed by atoms with Crippen LogP contribution in [0.25, 0.3) is 0 Å². The van der Waals surface area contributed by atoms with Crippen molar-refractivity contribution in [1.29, 1.82) is 0 Å². The normalized spacial score (nSPS) is 14.9. The number of carbonyl (C=O) groups excluding carboxylic acids is 1. The van der Waals surface area contributed by atoms with Crippen LogP contribution in [0.15, 0.2) is 23.1 Å². The lowest BCUT2D eigenvalue weighted by Gasteiger charge is -2.19. The summed E-state index contributed by atoms with van der Waals surface area (Å²) in [6.45, 7) is 4.38. The number of hydrogen-bond acceptors (Lipinski definition) is 4. The second-order valence-electron chi connectivity index (χ2n) is 5.21.